The van der Waals surface area contributed by atoms with E-state index < -0.39 is 17.9 Å². The zero-order chi connectivity index (χ0) is 20.1. The number of ether oxygens (including phenoxy) is 1. The number of rotatable bonds is 6. The van der Waals surface area contributed by atoms with Crippen molar-refractivity contribution < 1.29 is 19.1 Å². The standard InChI is InChI=1S/C21H21ClN2O4/c1-28-21(27)18(11-14-5-3-2-4-6-14)23-20(26)15-12-19(25)24(13-15)17-9-7-16(22)8-10-17/h2-10,15,18H,11-13H2,1H3,(H,23,26)/t15-,18+/m0/s1. The fourth-order valence-electron chi connectivity index (χ4n) is 3.23. The molecule has 1 N–H and O–H groups in total. The van der Waals surface area contributed by atoms with E-state index in [0.29, 0.717) is 17.1 Å². The van der Waals surface area contributed by atoms with Crippen LogP contribution >= 0.6 is 11.6 Å². The number of hydrogen-bond acceptors (Lipinski definition) is 4. The normalized spacial score (nSPS) is 17.3. The summed E-state index contributed by atoms with van der Waals surface area (Å²) in [5.74, 6) is -1.53. The molecule has 1 aliphatic heterocycles. The van der Waals surface area contributed by atoms with E-state index in [9.17, 15) is 14.4 Å². The predicted molar refractivity (Wildman–Crippen MR) is 106 cm³/mol. The number of nitrogens with zero attached hydrogens (tertiary/aromatic N) is 1. The van der Waals surface area contributed by atoms with Gasteiger partial charge in [0.15, 0.2) is 0 Å². The Morgan fingerprint density at radius 2 is 1.86 bits per heavy atom. The summed E-state index contributed by atoms with van der Waals surface area (Å²) in [6.45, 7) is 0.255. The highest BCUT2D eigenvalue weighted by Gasteiger charge is 2.36. The number of carbonyl (C=O) groups excluding carboxylic acids is 3. The number of carbonyl (C=O) groups is 3. The Bertz CT molecular complexity index is 854. The molecule has 2 amide bonds. The molecule has 146 valence electrons. The molecule has 3 rings (SSSR count). The number of benzene rings is 2. The Kier molecular flexibility index (Phi) is 6.31. The first-order chi connectivity index (χ1) is 13.5. The van der Waals surface area contributed by atoms with Crippen LogP contribution in [-0.2, 0) is 25.5 Å². The first kappa shape index (κ1) is 19.9. The molecule has 2 atom stereocenters. The van der Waals surface area contributed by atoms with Gasteiger partial charge in [0.1, 0.15) is 6.04 Å². The average Bonchev–Trinajstić information content (AvgIpc) is 3.10. The lowest BCUT2D eigenvalue weighted by molar-refractivity contribution is -0.145. The highest BCUT2D eigenvalue weighted by molar-refractivity contribution is 6.30. The van der Waals surface area contributed by atoms with E-state index in [4.69, 9.17) is 16.3 Å². The smallest absolute Gasteiger partial charge is 0.328 e. The second-order valence-corrected chi connectivity index (χ2v) is 7.09. The summed E-state index contributed by atoms with van der Waals surface area (Å²) in [4.78, 5) is 38.8. The van der Waals surface area contributed by atoms with Crippen LogP contribution in [0.25, 0.3) is 0 Å². The van der Waals surface area contributed by atoms with Crippen molar-refractivity contribution in [2.24, 2.45) is 5.92 Å². The van der Waals surface area contributed by atoms with Gasteiger partial charge in [-0.25, -0.2) is 4.79 Å². The third kappa shape index (κ3) is 4.70. The van der Waals surface area contributed by atoms with Gasteiger partial charge in [0, 0.05) is 30.1 Å². The molecule has 0 radical (unpaired) electrons. The zero-order valence-corrected chi connectivity index (χ0v) is 16.2. The molecule has 7 heteroatoms. The third-order valence-electron chi connectivity index (χ3n) is 4.72. The summed E-state index contributed by atoms with van der Waals surface area (Å²) >= 11 is 5.89. The zero-order valence-electron chi connectivity index (χ0n) is 15.4. The van der Waals surface area contributed by atoms with Gasteiger partial charge in [0.05, 0.1) is 13.0 Å². The third-order valence-corrected chi connectivity index (χ3v) is 4.97. The van der Waals surface area contributed by atoms with Crippen molar-refractivity contribution in [3.63, 3.8) is 0 Å². The Hall–Kier alpha value is -2.86. The molecule has 0 saturated carbocycles. The van der Waals surface area contributed by atoms with Gasteiger partial charge in [-0.3, -0.25) is 9.59 Å². The van der Waals surface area contributed by atoms with Gasteiger partial charge in [-0.15, -0.1) is 0 Å². The van der Waals surface area contributed by atoms with E-state index >= 15 is 0 Å². The van der Waals surface area contributed by atoms with E-state index in [0.717, 1.165) is 5.56 Å². The fourth-order valence-corrected chi connectivity index (χ4v) is 3.35. The topological polar surface area (TPSA) is 75.7 Å². The number of anilines is 1. The second kappa shape index (κ2) is 8.89. The molecule has 2 aromatic rings. The molecule has 0 unspecified atom stereocenters. The summed E-state index contributed by atoms with van der Waals surface area (Å²) in [5.41, 5.74) is 1.60. The lowest BCUT2D eigenvalue weighted by Crippen LogP contribution is -2.46. The SMILES string of the molecule is COC(=O)[C@@H](Cc1ccccc1)NC(=O)[C@H]1CC(=O)N(c2ccc(Cl)cc2)C1. The number of nitrogens with one attached hydrogen (secondary N) is 1. The van der Waals surface area contributed by atoms with Crippen molar-refractivity contribution in [2.45, 2.75) is 18.9 Å². The van der Waals surface area contributed by atoms with Crippen LogP contribution in [0.3, 0.4) is 0 Å². The summed E-state index contributed by atoms with van der Waals surface area (Å²) in [6.07, 6.45) is 0.411. The maximum Gasteiger partial charge on any atom is 0.328 e. The Morgan fingerprint density at radius 3 is 2.50 bits per heavy atom. The summed E-state index contributed by atoms with van der Waals surface area (Å²) in [6, 6.07) is 15.4. The van der Waals surface area contributed by atoms with Gasteiger partial charge in [-0.2, -0.15) is 0 Å². The predicted octanol–water partition coefficient (Wildman–Crippen LogP) is 2.59. The van der Waals surface area contributed by atoms with Crippen LogP contribution < -0.4 is 10.2 Å². The van der Waals surface area contributed by atoms with Gasteiger partial charge in [0.2, 0.25) is 11.8 Å². The van der Waals surface area contributed by atoms with Gasteiger partial charge in [-0.05, 0) is 29.8 Å². The molecule has 1 saturated heterocycles. The summed E-state index contributed by atoms with van der Waals surface area (Å²) in [7, 11) is 1.29. The maximum atomic E-state index is 12.7. The fraction of sp³-hybridized carbons (Fsp3) is 0.286. The molecule has 1 aliphatic rings. The van der Waals surface area contributed by atoms with Crippen molar-refractivity contribution in [1.82, 2.24) is 5.32 Å². The molecule has 1 heterocycles. The Morgan fingerprint density at radius 1 is 1.18 bits per heavy atom. The number of amides is 2. The number of halogens is 1. The molecule has 28 heavy (non-hydrogen) atoms. The van der Waals surface area contributed by atoms with Crippen molar-refractivity contribution in [3.05, 3.63) is 65.2 Å². The van der Waals surface area contributed by atoms with E-state index in [1.54, 1.807) is 29.2 Å². The first-order valence-corrected chi connectivity index (χ1v) is 9.34. The monoisotopic (exact) mass is 400 g/mol. The van der Waals surface area contributed by atoms with Crippen LogP contribution in [0.5, 0.6) is 0 Å². The van der Waals surface area contributed by atoms with Gasteiger partial charge in [-0.1, -0.05) is 41.9 Å². The molecular weight excluding hydrogens is 380 g/mol. The Labute approximate surface area is 168 Å². The van der Waals surface area contributed by atoms with Gasteiger partial charge < -0.3 is 15.0 Å². The molecular formula is C21H21ClN2O4. The minimum absolute atomic E-state index is 0.0910. The van der Waals surface area contributed by atoms with Crippen molar-refractivity contribution in [1.29, 1.82) is 0 Å². The van der Waals surface area contributed by atoms with Crippen LogP contribution in [0, 0.1) is 5.92 Å². The van der Waals surface area contributed by atoms with E-state index in [-0.39, 0.29) is 24.8 Å². The van der Waals surface area contributed by atoms with Crippen molar-refractivity contribution >= 4 is 35.1 Å². The first-order valence-electron chi connectivity index (χ1n) is 8.96. The molecule has 2 aromatic carbocycles. The Balaban J connectivity index is 1.67. The highest BCUT2D eigenvalue weighted by atomic mass is 35.5. The number of esters is 1. The van der Waals surface area contributed by atoms with Crippen LogP contribution in [-0.4, -0.2) is 37.5 Å². The largest absolute Gasteiger partial charge is 0.467 e. The maximum absolute atomic E-state index is 12.7. The average molecular weight is 401 g/mol. The molecule has 6 nitrogen and oxygen atoms in total. The second-order valence-electron chi connectivity index (χ2n) is 6.66. The van der Waals surface area contributed by atoms with E-state index in [2.05, 4.69) is 5.32 Å². The van der Waals surface area contributed by atoms with Crippen LogP contribution in [0.4, 0.5) is 5.69 Å². The quantitative estimate of drug-likeness (QED) is 0.756. The lowest BCUT2D eigenvalue weighted by atomic mass is 10.0. The minimum Gasteiger partial charge on any atom is -0.467 e. The van der Waals surface area contributed by atoms with Crippen molar-refractivity contribution in [2.75, 3.05) is 18.6 Å². The van der Waals surface area contributed by atoms with E-state index in [1.165, 1.54) is 7.11 Å². The van der Waals surface area contributed by atoms with Gasteiger partial charge >= 0.3 is 5.97 Å². The molecule has 0 spiro atoms. The van der Waals surface area contributed by atoms with Crippen LogP contribution in [0.2, 0.25) is 5.02 Å². The van der Waals surface area contributed by atoms with Crippen LogP contribution in [0.1, 0.15) is 12.0 Å². The molecule has 0 aliphatic carbocycles. The minimum atomic E-state index is -0.806. The molecule has 1 fully saturated rings. The summed E-state index contributed by atoms with van der Waals surface area (Å²) in [5, 5.41) is 3.32. The highest BCUT2D eigenvalue weighted by Crippen LogP contribution is 2.26. The number of hydrogen-bond donors (Lipinski definition) is 1. The number of methoxy groups -OCH3 is 1. The van der Waals surface area contributed by atoms with E-state index in [1.807, 2.05) is 30.3 Å². The van der Waals surface area contributed by atoms with Gasteiger partial charge in [0.25, 0.3) is 0 Å². The lowest BCUT2D eigenvalue weighted by Gasteiger charge is -2.20. The molecule has 0 aromatic heterocycles. The summed E-state index contributed by atoms with van der Waals surface area (Å²) < 4.78 is 4.83. The van der Waals surface area contributed by atoms with Crippen LogP contribution in [0.15, 0.2) is 54.6 Å². The van der Waals surface area contributed by atoms with Crippen molar-refractivity contribution in [3.8, 4) is 0 Å². The molecule has 0 bridgehead atoms.